The second-order valence-corrected chi connectivity index (χ2v) is 6.79. The first-order valence-electron chi connectivity index (χ1n) is 7.73. The van der Waals surface area contributed by atoms with Crippen LogP contribution >= 0.6 is 11.3 Å². The zero-order valence-electron chi connectivity index (χ0n) is 13.3. The number of hydrogen-bond acceptors (Lipinski definition) is 5. The molecule has 0 saturated carbocycles. The van der Waals surface area contributed by atoms with Gasteiger partial charge in [0, 0.05) is 37.6 Å². The van der Waals surface area contributed by atoms with Crippen molar-refractivity contribution in [3.8, 4) is 0 Å². The molecule has 0 aromatic carbocycles. The number of aliphatic hydroxyl groups is 1. The fourth-order valence-electron chi connectivity index (χ4n) is 2.74. The van der Waals surface area contributed by atoms with Crippen molar-refractivity contribution >= 4 is 23.3 Å². The average Bonchev–Trinajstić information content (AvgIpc) is 3.00. The molecule has 1 fully saturated rings. The van der Waals surface area contributed by atoms with Crippen molar-refractivity contribution in [1.29, 1.82) is 0 Å². The molecule has 128 valence electrons. The van der Waals surface area contributed by atoms with Crippen LogP contribution in [-0.2, 0) is 4.79 Å². The Balaban J connectivity index is 1.88. The lowest BCUT2D eigenvalue weighted by Gasteiger charge is -2.35. The number of β-amino-alcohol motifs (C(OH)–C–C–N with tert-alkyl or cyclic N) is 1. The van der Waals surface area contributed by atoms with Gasteiger partial charge >= 0.3 is 6.03 Å². The Labute approximate surface area is 140 Å². The van der Waals surface area contributed by atoms with E-state index in [0.717, 1.165) is 18.0 Å². The number of primary amides is 1. The summed E-state index contributed by atoms with van der Waals surface area (Å²) in [7, 11) is 0. The molecule has 2 rings (SSSR count). The maximum atomic E-state index is 12.5. The molecule has 0 bridgehead atoms. The third-order valence-electron chi connectivity index (χ3n) is 3.83. The monoisotopic (exact) mass is 340 g/mol. The van der Waals surface area contributed by atoms with Crippen LogP contribution in [0.15, 0.2) is 17.5 Å². The topological polar surface area (TPSA) is 98.9 Å². The van der Waals surface area contributed by atoms with Crippen LogP contribution in [0.1, 0.15) is 24.3 Å². The van der Waals surface area contributed by atoms with Crippen LogP contribution in [0, 0.1) is 0 Å². The maximum Gasteiger partial charge on any atom is 0.312 e. The lowest BCUT2D eigenvalue weighted by molar-refractivity contribution is -0.133. The SMILES string of the molecule is CC(O)CN1CCN(C(=O)CC(NC(N)=O)c2cccs2)CC1. The number of urea groups is 1. The molecule has 1 aliphatic heterocycles. The predicted molar refractivity (Wildman–Crippen MR) is 89.1 cm³/mol. The Hall–Kier alpha value is -1.64. The van der Waals surface area contributed by atoms with E-state index in [1.807, 2.05) is 22.4 Å². The molecule has 1 aromatic rings. The van der Waals surface area contributed by atoms with Crippen LogP contribution in [0.4, 0.5) is 4.79 Å². The second-order valence-electron chi connectivity index (χ2n) is 5.81. The molecule has 3 amide bonds. The molecule has 23 heavy (non-hydrogen) atoms. The number of nitrogens with one attached hydrogen (secondary N) is 1. The lowest BCUT2D eigenvalue weighted by Crippen LogP contribution is -2.50. The fraction of sp³-hybridized carbons (Fsp3) is 0.600. The molecule has 2 atom stereocenters. The van der Waals surface area contributed by atoms with Gasteiger partial charge in [-0.2, -0.15) is 0 Å². The number of amides is 3. The Bertz CT molecular complexity index is 513. The van der Waals surface area contributed by atoms with E-state index in [1.54, 1.807) is 6.92 Å². The molecule has 7 nitrogen and oxygen atoms in total. The number of aliphatic hydroxyl groups excluding tert-OH is 1. The number of thiophene rings is 1. The molecule has 2 heterocycles. The summed E-state index contributed by atoms with van der Waals surface area (Å²) in [5.41, 5.74) is 5.22. The molecule has 1 aromatic heterocycles. The zero-order chi connectivity index (χ0) is 16.8. The van der Waals surface area contributed by atoms with Crippen molar-refractivity contribution in [2.24, 2.45) is 5.73 Å². The minimum Gasteiger partial charge on any atom is -0.392 e. The zero-order valence-corrected chi connectivity index (χ0v) is 14.1. The van der Waals surface area contributed by atoms with E-state index < -0.39 is 6.03 Å². The van der Waals surface area contributed by atoms with Gasteiger partial charge in [0.05, 0.1) is 18.6 Å². The molecule has 1 saturated heterocycles. The fourth-order valence-corrected chi connectivity index (χ4v) is 3.52. The maximum absolute atomic E-state index is 12.5. The van der Waals surface area contributed by atoms with Crippen molar-refractivity contribution in [2.45, 2.75) is 25.5 Å². The standard InChI is InChI=1S/C15H24N4O3S/c1-11(20)10-18-4-6-19(7-5-18)14(21)9-12(17-15(16)22)13-3-2-8-23-13/h2-3,8,11-12,20H,4-7,9-10H2,1H3,(H3,16,17,22). The van der Waals surface area contributed by atoms with Crippen LogP contribution in [0.3, 0.4) is 0 Å². The van der Waals surface area contributed by atoms with Gasteiger partial charge in [-0.3, -0.25) is 9.69 Å². The quantitative estimate of drug-likeness (QED) is 0.697. The molecule has 8 heteroatoms. The van der Waals surface area contributed by atoms with Crippen molar-refractivity contribution < 1.29 is 14.7 Å². The van der Waals surface area contributed by atoms with Gasteiger partial charge in [0.15, 0.2) is 0 Å². The highest BCUT2D eigenvalue weighted by Gasteiger charge is 2.25. The van der Waals surface area contributed by atoms with Gasteiger partial charge in [0.25, 0.3) is 0 Å². The Kier molecular flexibility index (Phi) is 6.37. The van der Waals surface area contributed by atoms with E-state index in [-0.39, 0.29) is 24.5 Å². The molecule has 4 N–H and O–H groups in total. The largest absolute Gasteiger partial charge is 0.392 e. The van der Waals surface area contributed by atoms with E-state index in [4.69, 9.17) is 5.73 Å². The Morgan fingerprint density at radius 3 is 2.61 bits per heavy atom. The van der Waals surface area contributed by atoms with Crippen LogP contribution in [0.25, 0.3) is 0 Å². The van der Waals surface area contributed by atoms with Gasteiger partial charge < -0.3 is 21.1 Å². The Morgan fingerprint density at radius 1 is 1.39 bits per heavy atom. The average molecular weight is 340 g/mol. The van der Waals surface area contributed by atoms with Crippen LogP contribution in [0.5, 0.6) is 0 Å². The lowest BCUT2D eigenvalue weighted by atomic mass is 10.1. The summed E-state index contributed by atoms with van der Waals surface area (Å²) in [5.74, 6) is 0.00819. The van der Waals surface area contributed by atoms with Crippen molar-refractivity contribution in [3.63, 3.8) is 0 Å². The van der Waals surface area contributed by atoms with Gasteiger partial charge in [-0.25, -0.2) is 4.79 Å². The summed E-state index contributed by atoms with van der Waals surface area (Å²) in [4.78, 5) is 28.5. The summed E-state index contributed by atoms with van der Waals surface area (Å²) in [6.45, 7) is 5.17. The second kappa shape index (κ2) is 8.28. The van der Waals surface area contributed by atoms with Gasteiger partial charge in [-0.05, 0) is 18.4 Å². The highest BCUT2D eigenvalue weighted by atomic mass is 32.1. The third kappa shape index (κ3) is 5.49. The molecule has 0 aliphatic carbocycles. The van der Waals surface area contributed by atoms with Crippen LogP contribution in [-0.4, -0.2) is 65.7 Å². The Morgan fingerprint density at radius 2 is 2.09 bits per heavy atom. The van der Waals surface area contributed by atoms with Gasteiger partial charge in [0.2, 0.25) is 5.91 Å². The van der Waals surface area contributed by atoms with Crippen molar-refractivity contribution in [2.75, 3.05) is 32.7 Å². The number of nitrogens with two attached hydrogens (primary N) is 1. The highest BCUT2D eigenvalue weighted by Crippen LogP contribution is 2.23. The highest BCUT2D eigenvalue weighted by molar-refractivity contribution is 7.10. The number of piperazine rings is 1. The number of hydrogen-bond donors (Lipinski definition) is 3. The smallest absolute Gasteiger partial charge is 0.312 e. The first-order valence-corrected chi connectivity index (χ1v) is 8.61. The normalized spacial score (nSPS) is 18.4. The van der Waals surface area contributed by atoms with E-state index >= 15 is 0 Å². The molecular formula is C15H24N4O3S. The summed E-state index contributed by atoms with van der Waals surface area (Å²) in [5, 5.41) is 14.0. The third-order valence-corrected chi connectivity index (χ3v) is 4.82. The molecule has 0 radical (unpaired) electrons. The van der Waals surface area contributed by atoms with Crippen LogP contribution < -0.4 is 11.1 Å². The van der Waals surface area contributed by atoms with E-state index in [0.29, 0.717) is 19.6 Å². The summed E-state index contributed by atoms with van der Waals surface area (Å²) in [6.07, 6.45) is -0.153. The summed E-state index contributed by atoms with van der Waals surface area (Å²) >= 11 is 1.49. The summed E-state index contributed by atoms with van der Waals surface area (Å²) < 4.78 is 0. The van der Waals surface area contributed by atoms with Crippen molar-refractivity contribution in [1.82, 2.24) is 15.1 Å². The molecule has 1 aliphatic rings. The first-order chi connectivity index (χ1) is 11.0. The minimum atomic E-state index is -0.627. The first kappa shape index (κ1) is 17.7. The number of nitrogens with zero attached hydrogens (tertiary/aromatic N) is 2. The minimum absolute atomic E-state index is 0.00819. The van der Waals surface area contributed by atoms with Crippen molar-refractivity contribution in [3.05, 3.63) is 22.4 Å². The van der Waals surface area contributed by atoms with Gasteiger partial charge in [0.1, 0.15) is 0 Å². The number of carbonyl (C=O) groups is 2. The predicted octanol–water partition coefficient (Wildman–Crippen LogP) is 0.373. The van der Waals surface area contributed by atoms with E-state index in [9.17, 15) is 14.7 Å². The molecule has 2 unspecified atom stereocenters. The number of rotatable bonds is 6. The van der Waals surface area contributed by atoms with Gasteiger partial charge in [-0.1, -0.05) is 6.07 Å². The molecular weight excluding hydrogens is 316 g/mol. The van der Waals surface area contributed by atoms with E-state index in [2.05, 4.69) is 10.2 Å². The van der Waals surface area contributed by atoms with Crippen LogP contribution in [0.2, 0.25) is 0 Å². The van der Waals surface area contributed by atoms with Gasteiger partial charge in [-0.15, -0.1) is 11.3 Å². The number of carbonyl (C=O) groups excluding carboxylic acids is 2. The summed E-state index contributed by atoms with van der Waals surface area (Å²) in [6, 6.07) is 2.77. The van der Waals surface area contributed by atoms with E-state index in [1.165, 1.54) is 11.3 Å². The molecule has 0 spiro atoms.